The minimum atomic E-state index is -0.0624. The van der Waals surface area contributed by atoms with Gasteiger partial charge in [0.05, 0.1) is 22.4 Å². The Kier molecular flexibility index (Phi) is 10.6. The molecule has 0 saturated heterocycles. The summed E-state index contributed by atoms with van der Waals surface area (Å²) in [5.41, 5.74) is 15.1. The van der Waals surface area contributed by atoms with Crippen LogP contribution >= 0.6 is 0 Å². The van der Waals surface area contributed by atoms with E-state index in [0.717, 1.165) is 84.1 Å². The molecule has 0 radical (unpaired) electrons. The van der Waals surface area contributed by atoms with Crippen LogP contribution in [0, 0.1) is 6.07 Å². The van der Waals surface area contributed by atoms with Crippen molar-refractivity contribution in [1.29, 1.82) is 0 Å². The number of pyridine rings is 1. The molecule has 7 aromatic carbocycles. The van der Waals surface area contributed by atoms with Crippen LogP contribution in [0.2, 0.25) is 0 Å². The standard InChI is InChI=1S/C52H40N4.Pt/c1-52(2,3)40-30-31-46(44(35-40)47-34-39(32-33-53-47)36-18-7-4-8-19-36)54-45-27-15-13-25-43(45)51-55-50-42(38-22-11-6-12-23-38)26-17-29-49(50)56(51)48-28-16-14-24-41(48)37-20-9-5-10-21-37;/h4-22,24-35H,1-3H3;/q-2;+2. The third kappa shape index (κ3) is 7.49. The first-order chi connectivity index (χ1) is 27.4. The van der Waals surface area contributed by atoms with E-state index in [2.05, 4.69) is 189 Å². The van der Waals surface area contributed by atoms with Gasteiger partial charge in [-0.05, 0) is 57.5 Å². The van der Waals surface area contributed by atoms with Crippen molar-refractivity contribution in [3.63, 3.8) is 0 Å². The van der Waals surface area contributed by atoms with Gasteiger partial charge < -0.3 is 5.32 Å². The van der Waals surface area contributed by atoms with E-state index in [1.54, 1.807) is 0 Å². The zero-order valence-electron chi connectivity index (χ0n) is 32.0. The van der Waals surface area contributed by atoms with Gasteiger partial charge in [0.2, 0.25) is 0 Å². The molecule has 0 unspecified atom stereocenters. The van der Waals surface area contributed by atoms with E-state index < -0.39 is 0 Å². The molecule has 2 aromatic heterocycles. The molecule has 0 aliphatic carbocycles. The Bertz CT molecular complexity index is 2800. The summed E-state index contributed by atoms with van der Waals surface area (Å²) >= 11 is 0. The second-order valence-corrected chi connectivity index (χ2v) is 15.0. The molecule has 0 aliphatic rings. The first-order valence-electron chi connectivity index (χ1n) is 19.0. The Morgan fingerprint density at radius 3 is 1.96 bits per heavy atom. The predicted octanol–water partition coefficient (Wildman–Crippen LogP) is 14.2. The van der Waals surface area contributed by atoms with Crippen molar-refractivity contribution in [2.24, 2.45) is 0 Å². The van der Waals surface area contributed by atoms with Crippen molar-refractivity contribution in [3.8, 4) is 61.7 Å². The maximum Gasteiger partial charge on any atom is 2.00 e. The Hall–Kier alpha value is -6.35. The van der Waals surface area contributed by atoms with E-state index in [1.807, 2.05) is 30.5 Å². The number of rotatable bonds is 8. The summed E-state index contributed by atoms with van der Waals surface area (Å²) in [5, 5.41) is 5.49. The number of hydrogen-bond acceptors (Lipinski definition) is 2. The van der Waals surface area contributed by atoms with E-state index >= 15 is 0 Å². The number of benzene rings is 7. The first kappa shape index (κ1) is 37.6. The normalized spacial score (nSPS) is 11.3. The molecule has 0 bridgehead atoms. The molecule has 9 aromatic rings. The van der Waals surface area contributed by atoms with E-state index in [4.69, 9.17) is 15.3 Å². The maximum atomic E-state index is 5.52. The Labute approximate surface area is 349 Å². The molecule has 0 saturated carbocycles. The van der Waals surface area contributed by atoms with Gasteiger partial charge in [-0.1, -0.05) is 160 Å². The van der Waals surface area contributed by atoms with Gasteiger partial charge in [0.25, 0.3) is 0 Å². The molecule has 9 rings (SSSR count). The zero-order valence-corrected chi connectivity index (χ0v) is 34.3. The van der Waals surface area contributed by atoms with E-state index in [-0.39, 0.29) is 26.5 Å². The number of aromatic nitrogens is 3. The van der Waals surface area contributed by atoms with Gasteiger partial charge >= 0.3 is 21.1 Å². The second kappa shape index (κ2) is 16.0. The van der Waals surface area contributed by atoms with E-state index in [1.165, 1.54) is 5.56 Å². The monoisotopic (exact) mass is 915 g/mol. The summed E-state index contributed by atoms with van der Waals surface area (Å²) in [7, 11) is 0. The van der Waals surface area contributed by atoms with Crippen molar-refractivity contribution in [1.82, 2.24) is 14.5 Å². The molecule has 2 heterocycles. The van der Waals surface area contributed by atoms with Crippen LogP contribution in [0.4, 0.5) is 11.4 Å². The Morgan fingerprint density at radius 1 is 0.544 bits per heavy atom. The molecular formula is C52H40N4Pt. The van der Waals surface area contributed by atoms with Crippen LogP contribution < -0.4 is 0 Å². The van der Waals surface area contributed by atoms with Gasteiger partial charge in [-0.25, -0.2) is 4.98 Å². The molecule has 0 fully saturated rings. The van der Waals surface area contributed by atoms with Crippen LogP contribution in [-0.4, -0.2) is 14.5 Å². The molecule has 0 atom stereocenters. The third-order valence-corrected chi connectivity index (χ3v) is 10.3. The quantitative estimate of drug-likeness (QED) is 0.143. The maximum absolute atomic E-state index is 5.52. The van der Waals surface area contributed by atoms with Crippen LogP contribution in [0.1, 0.15) is 26.3 Å². The van der Waals surface area contributed by atoms with Gasteiger partial charge in [0, 0.05) is 17.3 Å². The van der Waals surface area contributed by atoms with Crippen molar-refractivity contribution < 1.29 is 21.1 Å². The average Bonchev–Trinajstić information content (AvgIpc) is 3.64. The van der Waals surface area contributed by atoms with Crippen LogP contribution in [0.5, 0.6) is 0 Å². The van der Waals surface area contributed by atoms with Crippen LogP contribution in [-0.2, 0) is 26.5 Å². The summed E-state index contributed by atoms with van der Waals surface area (Å²) < 4.78 is 2.30. The van der Waals surface area contributed by atoms with Crippen LogP contribution in [0.3, 0.4) is 0 Å². The number of hydrogen-bond donors (Lipinski definition) is 0. The number of fused-ring (bicyclic) bond motifs is 1. The van der Waals surface area contributed by atoms with Crippen molar-refractivity contribution >= 4 is 22.4 Å². The fourth-order valence-corrected chi connectivity index (χ4v) is 7.42. The predicted molar refractivity (Wildman–Crippen MR) is 233 cm³/mol. The average molecular weight is 916 g/mol. The topological polar surface area (TPSA) is 44.8 Å². The Balaban J connectivity index is 0.00000455. The van der Waals surface area contributed by atoms with Crippen molar-refractivity contribution in [2.75, 3.05) is 0 Å². The van der Waals surface area contributed by atoms with Gasteiger partial charge in [-0.15, -0.1) is 47.3 Å². The zero-order chi connectivity index (χ0) is 38.1. The molecule has 5 heteroatoms. The minimum absolute atomic E-state index is 0. The van der Waals surface area contributed by atoms with Crippen LogP contribution in [0.15, 0.2) is 188 Å². The summed E-state index contributed by atoms with van der Waals surface area (Å²) in [6.07, 6.45) is 1.90. The minimum Gasteiger partial charge on any atom is -0.657 e. The van der Waals surface area contributed by atoms with Gasteiger partial charge in [0.1, 0.15) is 5.82 Å². The molecule has 0 amide bonds. The third-order valence-electron chi connectivity index (χ3n) is 10.3. The first-order valence-corrected chi connectivity index (χ1v) is 19.0. The summed E-state index contributed by atoms with van der Waals surface area (Å²) in [6.45, 7) is 6.72. The molecule has 4 nitrogen and oxygen atoms in total. The molecule has 278 valence electrons. The van der Waals surface area contributed by atoms with Crippen molar-refractivity contribution in [2.45, 2.75) is 26.2 Å². The smallest absolute Gasteiger partial charge is 0.657 e. The summed E-state index contributed by atoms with van der Waals surface area (Å²) in [4.78, 5) is 10.4. The van der Waals surface area contributed by atoms with Crippen LogP contribution in [0.25, 0.3) is 78.1 Å². The van der Waals surface area contributed by atoms with E-state index in [9.17, 15) is 0 Å². The molecule has 57 heavy (non-hydrogen) atoms. The second-order valence-electron chi connectivity index (χ2n) is 15.0. The fraction of sp³-hybridized carbons (Fsp3) is 0.0769. The fourth-order valence-electron chi connectivity index (χ4n) is 7.42. The van der Waals surface area contributed by atoms with E-state index in [0.29, 0.717) is 0 Å². The molecule has 0 aliphatic heterocycles. The molecule has 0 N–H and O–H groups in total. The Morgan fingerprint density at radius 2 is 1.21 bits per heavy atom. The van der Waals surface area contributed by atoms with Crippen molar-refractivity contribution in [3.05, 3.63) is 205 Å². The van der Waals surface area contributed by atoms with Gasteiger partial charge in [-0.3, -0.25) is 9.55 Å². The van der Waals surface area contributed by atoms with Gasteiger partial charge in [0.15, 0.2) is 0 Å². The number of para-hydroxylation sites is 3. The SMILES string of the molecule is CC(C)(C)c1ccc([N-]c2ccccc2-c2nc3c(-c4[c-]cccc4)cccc3n2-c2ccccc2-c2ccccc2)c(-c2cc(-c3ccccc3)ccn2)c1.[Pt+2]. The molecular weight excluding hydrogens is 876 g/mol. The summed E-state index contributed by atoms with van der Waals surface area (Å²) in [6, 6.07) is 66.7. The number of nitrogens with zero attached hydrogens (tertiary/aromatic N) is 4. The molecule has 0 spiro atoms. The largest absolute Gasteiger partial charge is 2.00 e. The number of imidazole rings is 1. The van der Waals surface area contributed by atoms with Gasteiger partial charge in [-0.2, -0.15) is 0 Å². The summed E-state index contributed by atoms with van der Waals surface area (Å²) in [5.74, 6) is 0.808.